The monoisotopic (exact) mass is 312 g/mol. The van der Waals surface area contributed by atoms with E-state index in [1.54, 1.807) is 18.2 Å². The minimum atomic E-state index is -3.82. The lowest BCUT2D eigenvalue weighted by Crippen LogP contribution is -2.60. The minimum absolute atomic E-state index is 0.0838. The van der Waals surface area contributed by atoms with Crippen LogP contribution in [-0.4, -0.2) is 35.5 Å². The molecule has 1 fully saturated rings. The van der Waals surface area contributed by atoms with Gasteiger partial charge in [0.2, 0.25) is 0 Å². The van der Waals surface area contributed by atoms with Crippen molar-refractivity contribution in [2.75, 3.05) is 7.05 Å². The standard InChI is InChI=1S/C15H18F2N2O3/c1-18-12(20)11-5-2-4-10(8-11)9-19-13(21)15(16,17)14(22)6-3-7-14/h2,4-5,8,22H,3,6-7,9H2,1H3,(H,18,20)(H,19,21). The van der Waals surface area contributed by atoms with Gasteiger partial charge in [-0.3, -0.25) is 9.59 Å². The molecule has 0 bridgehead atoms. The maximum atomic E-state index is 13.9. The fourth-order valence-electron chi connectivity index (χ4n) is 2.30. The molecular formula is C15H18F2N2O3. The Morgan fingerprint density at radius 2 is 2.05 bits per heavy atom. The molecule has 0 radical (unpaired) electrons. The SMILES string of the molecule is CNC(=O)c1cccc(CNC(=O)C(F)(F)C2(O)CCC2)c1. The Balaban J connectivity index is 2.01. The summed E-state index contributed by atoms with van der Waals surface area (Å²) in [7, 11) is 1.48. The molecule has 2 amide bonds. The highest BCUT2D eigenvalue weighted by Crippen LogP contribution is 2.44. The van der Waals surface area contributed by atoms with Crippen LogP contribution in [0.4, 0.5) is 8.78 Å². The molecule has 1 aromatic carbocycles. The topological polar surface area (TPSA) is 78.4 Å². The van der Waals surface area contributed by atoms with E-state index in [1.165, 1.54) is 13.1 Å². The third-order valence-corrected chi connectivity index (χ3v) is 3.92. The Labute approximate surface area is 126 Å². The smallest absolute Gasteiger partial charge is 0.352 e. The number of halogens is 2. The summed E-state index contributed by atoms with van der Waals surface area (Å²) in [6.07, 6.45) is 0.312. The highest BCUT2D eigenvalue weighted by molar-refractivity contribution is 5.94. The number of alkyl halides is 2. The van der Waals surface area contributed by atoms with E-state index < -0.39 is 17.4 Å². The molecular weight excluding hydrogens is 294 g/mol. The zero-order chi connectivity index (χ0) is 16.4. The zero-order valence-electron chi connectivity index (χ0n) is 12.2. The fourth-order valence-corrected chi connectivity index (χ4v) is 2.30. The normalized spacial score (nSPS) is 16.5. The number of nitrogens with one attached hydrogen (secondary N) is 2. The van der Waals surface area contributed by atoms with Crippen LogP contribution in [0.2, 0.25) is 0 Å². The molecule has 1 saturated carbocycles. The molecule has 0 spiro atoms. The molecule has 0 atom stereocenters. The molecule has 2 rings (SSSR count). The Bertz CT molecular complexity index is 586. The quantitative estimate of drug-likeness (QED) is 0.765. The van der Waals surface area contributed by atoms with Crippen LogP contribution in [0.15, 0.2) is 24.3 Å². The maximum Gasteiger partial charge on any atom is 0.352 e. The van der Waals surface area contributed by atoms with Crippen LogP contribution < -0.4 is 10.6 Å². The van der Waals surface area contributed by atoms with E-state index in [0.29, 0.717) is 17.5 Å². The van der Waals surface area contributed by atoms with Crippen molar-refractivity contribution in [3.05, 3.63) is 35.4 Å². The maximum absolute atomic E-state index is 13.9. The summed E-state index contributed by atoms with van der Waals surface area (Å²) in [6, 6.07) is 6.30. The van der Waals surface area contributed by atoms with Crippen LogP contribution in [0.3, 0.4) is 0 Å². The number of rotatable bonds is 5. The van der Waals surface area contributed by atoms with Gasteiger partial charge in [-0.15, -0.1) is 0 Å². The molecule has 0 heterocycles. The number of aliphatic hydroxyl groups is 1. The van der Waals surface area contributed by atoms with Crippen LogP contribution in [0.5, 0.6) is 0 Å². The average molecular weight is 312 g/mol. The van der Waals surface area contributed by atoms with Crippen LogP contribution in [0.1, 0.15) is 35.2 Å². The van der Waals surface area contributed by atoms with Gasteiger partial charge in [0.25, 0.3) is 11.8 Å². The van der Waals surface area contributed by atoms with Gasteiger partial charge in [0.05, 0.1) is 0 Å². The van der Waals surface area contributed by atoms with Gasteiger partial charge in [0.15, 0.2) is 0 Å². The van der Waals surface area contributed by atoms with E-state index in [2.05, 4.69) is 10.6 Å². The van der Waals surface area contributed by atoms with Gasteiger partial charge in [-0.1, -0.05) is 12.1 Å². The first-order valence-corrected chi connectivity index (χ1v) is 7.00. The van der Waals surface area contributed by atoms with E-state index in [9.17, 15) is 23.5 Å². The number of benzene rings is 1. The summed E-state index contributed by atoms with van der Waals surface area (Å²) in [5.74, 6) is -5.62. The van der Waals surface area contributed by atoms with Crippen LogP contribution in [0.25, 0.3) is 0 Å². The van der Waals surface area contributed by atoms with Crippen molar-refractivity contribution in [3.8, 4) is 0 Å². The van der Waals surface area contributed by atoms with Crippen molar-refractivity contribution in [1.29, 1.82) is 0 Å². The molecule has 7 heteroatoms. The van der Waals surface area contributed by atoms with Gasteiger partial charge in [0.1, 0.15) is 5.60 Å². The molecule has 22 heavy (non-hydrogen) atoms. The van der Waals surface area contributed by atoms with Crippen molar-refractivity contribution in [3.63, 3.8) is 0 Å². The lowest BCUT2D eigenvalue weighted by Gasteiger charge is -2.41. The first kappa shape index (κ1) is 16.4. The van der Waals surface area contributed by atoms with Gasteiger partial charge in [-0.05, 0) is 37.0 Å². The average Bonchev–Trinajstić information content (AvgIpc) is 2.49. The molecule has 0 saturated heterocycles. The predicted molar refractivity (Wildman–Crippen MR) is 75.4 cm³/mol. The number of hydrogen-bond donors (Lipinski definition) is 3. The van der Waals surface area contributed by atoms with Crippen molar-refractivity contribution in [2.45, 2.75) is 37.3 Å². The summed E-state index contributed by atoms with van der Waals surface area (Å²) >= 11 is 0. The summed E-state index contributed by atoms with van der Waals surface area (Å²) in [5, 5.41) is 14.3. The lowest BCUT2D eigenvalue weighted by molar-refractivity contribution is -0.216. The Hall–Kier alpha value is -2.02. The predicted octanol–water partition coefficient (Wildman–Crippen LogP) is 1.21. The first-order valence-electron chi connectivity index (χ1n) is 7.00. The Kier molecular flexibility index (Phi) is 4.46. The van der Waals surface area contributed by atoms with Gasteiger partial charge in [-0.25, -0.2) is 0 Å². The van der Waals surface area contributed by atoms with Gasteiger partial charge in [-0.2, -0.15) is 8.78 Å². The molecule has 1 aliphatic carbocycles. The summed E-state index contributed by atoms with van der Waals surface area (Å²) in [6.45, 7) is -0.144. The third kappa shape index (κ3) is 2.94. The molecule has 1 aromatic rings. The number of carbonyl (C=O) groups excluding carboxylic acids is 2. The van der Waals surface area contributed by atoms with Crippen molar-refractivity contribution in [1.82, 2.24) is 10.6 Å². The Morgan fingerprint density at radius 1 is 1.36 bits per heavy atom. The first-order chi connectivity index (χ1) is 10.3. The number of amides is 2. The molecule has 0 aromatic heterocycles. The minimum Gasteiger partial charge on any atom is -0.383 e. The summed E-state index contributed by atoms with van der Waals surface area (Å²) in [5.41, 5.74) is -1.34. The second kappa shape index (κ2) is 6.00. The fraction of sp³-hybridized carbons (Fsp3) is 0.467. The van der Waals surface area contributed by atoms with Crippen molar-refractivity contribution >= 4 is 11.8 Å². The molecule has 3 N–H and O–H groups in total. The molecule has 0 aliphatic heterocycles. The Morgan fingerprint density at radius 3 is 2.59 bits per heavy atom. The number of carbonyl (C=O) groups is 2. The highest BCUT2D eigenvalue weighted by Gasteiger charge is 2.61. The summed E-state index contributed by atoms with van der Waals surface area (Å²) in [4.78, 5) is 23.1. The van der Waals surface area contributed by atoms with Crippen molar-refractivity contribution in [2.24, 2.45) is 0 Å². The molecule has 1 aliphatic rings. The van der Waals surface area contributed by atoms with Crippen LogP contribution in [-0.2, 0) is 11.3 Å². The van der Waals surface area contributed by atoms with Crippen molar-refractivity contribution < 1.29 is 23.5 Å². The van der Waals surface area contributed by atoms with E-state index in [1.807, 2.05) is 0 Å². The lowest BCUT2D eigenvalue weighted by atomic mass is 9.75. The number of hydrogen-bond acceptors (Lipinski definition) is 3. The third-order valence-electron chi connectivity index (χ3n) is 3.92. The second-order valence-corrected chi connectivity index (χ2v) is 5.42. The van der Waals surface area contributed by atoms with Gasteiger partial charge >= 0.3 is 5.92 Å². The highest BCUT2D eigenvalue weighted by atomic mass is 19.3. The van der Waals surface area contributed by atoms with Gasteiger partial charge in [0, 0.05) is 19.2 Å². The van der Waals surface area contributed by atoms with E-state index >= 15 is 0 Å². The van der Waals surface area contributed by atoms with Gasteiger partial charge < -0.3 is 15.7 Å². The van der Waals surface area contributed by atoms with E-state index in [0.717, 1.165) is 0 Å². The molecule has 120 valence electrons. The molecule has 0 unspecified atom stereocenters. The second-order valence-electron chi connectivity index (χ2n) is 5.42. The van der Waals surface area contributed by atoms with Crippen LogP contribution in [0, 0.1) is 0 Å². The van der Waals surface area contributed by atoms with E-state index in [4.69, 9.17) is 0 Å². The zero-order valence-corrected chi connectivity index (χ0v) is 12.2. The van der Waals surface area contributed by atoms with Crippen LogP contribution >= 0.6 is 0 Å². The summed E-state index contributed by atoms with van der Waals surface area (Å²) < 4.78 is 27.8. The van der Waals surface area contributed by atoms with E-state index in [-0.39, 0.29) is 25.3 Å². The largest absolute Gasteiger partial charge is 0.383 e. The molecule has 5 nitrogen and oxygen atoms in total.